The highest BCUT2D eigenvalue weighted by molar-refractivity contribution is 6.85. The molecule has 0 atom stereocenters. The summed E-state index contributed by atoms with van der Waals surface area (Å²) < 4.78 is 6.33. The number of rotatable bonds is 8. The molecule has 0 aromatic rings. The van der Waals surface area contributed by atoms with Gasteiger partial charge in [-0.25, -0.2) is 0 Å². The molecule has 0 rings (SSSR count). The maximum Gasteiger partial charge on any atom is 0.216 e. The number of hydrogen-bond donors (Lipinski definition) is 2. The van der Waals surface area contributed by atoms with Crippen LogP contribution < -0.4 is 10.6 Å². The second-order valence-electron chi connectivity index (χ2n) is 6.12. The first-order valence-corrected chi connectivity index (χ1v) is 13.0. The summed E-state index contributed by atoms with van der Waals surface area (Å²) in [6.45, 7) is 12.4. The molecule has 0 spiro atoms. The van der Waals surface area contributed by atoms with Crippen LogP contribution in [0.15, 0.2) is 0 Å². The Balaban J connectivity index is 4.10. The molecule has 0 aliphatic rings. The summed E-state index contributed by atoms with van der Waals surface area (Å²) in [5, 5.41) is 5.66. The van der Waals surface area contributed by atoms with Gasteiger partial charge < -0.3 is 14.7 Å². The van der Waals surface area contributed by atoms with Crippen molar-refractivity contribution in [3.8, 4) is 0 Å². The third-order valence-electron chi connectivity index (χ3n) is 2.65. The van der Waals surface area contributed by atoms with Crippen LogP contribution in [0.3, 0.4) is 0 Å². The van der Waals surface area contributed by atoms with E-state index in [-0.39, 0.29) is 11.8 Å². The summed E-state index contributed by atoms with van der Waals surface area (Å²) in [7, 11) is -3.56. The quantitative estimate of drug-likeness (QED) is 0.529. The van der Waals surface area contributed by atoms with E-state index in [1.807, 2.05) is 0 Å². The highest BCUT2D eigenvalue weighted by Gasteiger charge is 2.32. The van der Waals surface area contributed by atoms with Gasteiger partial charge in [0.2, 0.25) is 11.8 Å². The molecule has 0 bridgehead atoms. The van der Waals surface area contributed by atoms with Gasteiger partial charge in [-0.2, -0.15) is 0 Å². The van der Waals surface area contributed by atoms with Crippen molar-refractivity contribution in [2.75, 3.05) is 12.7 Å². The van der Waals surface area contributed by atoms with Gasteiger partial charge in [0.25, 0.3) is 0 Å². The van der Waals surface area contributed by atoms with Crippen LogP contribution in [-0.2, 0) is 13.7 Å². The molecule has 0 fully saturated rings. The Morgan fingerprint density at radius 3 is 1.95 bits per heavy atom. The first-order chi connectivity index (χ1) is 8.54. The maximum absolute atomic E-state index is 11.0. The molecule has 2 amide bonds. The second kappa shape index (κ2) is 7.81. The molecule has 19 heavy (non-hydrogen) atoms. The molecule has 5 nitrogen and oxygen atoms in total. The Morgan fingerprint density at radius 1 is 0.947 bits per heavy atom. The summed E-state index contributed by atoms with van der Waals surface area (Å²) in [5.41, 5.74) is 0. The fraction of sp³-hybridized carbons (Fsp3) is 0.833. The zero-order valence-corrected chi connectivity index (χ0v) is 15.1. The fourth-order valence-corrected chi connectivity index (χ4v) is 10.3. The van der Waals surface area contributed by atoms with Gasteiger partial charge in [0.1, 0.15) is 0 Å². The lowest BCUT2D eigenvalue weighted by Crippen LogP contribution is -2.51. The van der Waals surface area contributed by atoms with Gasteiger partial charge >= 0.3 is 0 Å². The highest BCUT2D eigenvalue weighted by atomic mass is 28.4. The summed E-state index contributed by atoms with van der Waals surface area (Å²) in [4.78, 5) is 21.7. The molecule has 112 valence electrons. The van der Waals surface area contributed by atoms with Gasteiger partial charge in [0, 0.05) is 26.6 Å². The van der Waals surface area contributed by atoms with Crippen molar-refractivity contribution in [2.24, 2.45) is 0 Å². The second-order valence-corrected chi connectivity index (χ2v) is 14.8. The Kier molecular flexibility index (Phi) is 7.54. The molecule has 7 heteroatoms. The van der Waals surface area contributed by atoms with E-state index in [0.29, 0.717) is 12.7 Å². The molecule has 0 aromatic heterocycles. The summed E-state index contributed by atoms with van der Waals surface area (Å²) in [6, 6.07) is 1.02. The van der Waals surface area contributed by atoms with E-state index in [1.165, 1.54) is 13.8 Å². The average molecular weight is 305 g/mol. The Labute approximate surface area is 118 Å². The average Bonchev–Trinajstić information content (AvgIpc) is 2.20. The number of hydrogen-bond acceptors (Lipinski definition) is 3. The van der Waals surface area contributed by atoms with E-state index >= 15 is 0 Å². The predicted molar refractivity (Wildman–Crippen MR) is 82.8 cm³/mol. The summed E-state index contributed by atoms with van der Waals surface area (Å²) in [6.07, 6.45) is 1.61. The monoisotopic (exact) mass is 304 g/mol. The fourth-order valence-electron chi connectivity index (χ4n) is 1.95. The topological polar surface area (TPSA) is 67.4 Å². The lowest BCUT2D eigenvalue weighted by molar-refractivity contribution is -0.119. The minimum Gasteiger partial charge on any atom is -0.454 e. The van der Waals surface area contributed by atoms with Crippen LogP contribution in [0.2, 0.25) is 32.2 Å². The molecule has 0 heterocycles. The zero-order valence-electron chi connectivity index (χ0n) is 13.1. The van der Waals surface area contributed by atoms with E-state index in [0.717, 1.165) is 12.5 Å². The van der Waals surface area contributed by atoms with Gasteiger partial charge in [-0.15, -0.1) is 0 Å². The van der Waals surface area contributed by atoms with Gasteiger partial charge in [0.15, 0.2) is 16.6 Å². The molecule has 0 saturated carbocycles. The molecular weight excluding hydrogens is 276 g/mol. The molecule has 0 unspecified atom stereocenters. The summed E-state index contributed by atoms with van der Waals surface area (Å²) in [5.74, 6) is 0.00931. The smallest absolute Gasteiger partial charge is 0.216 e. The molecule has 0 aliphatic carbocycles. The van der Waals surface area contributed by atoms with Crippen LogP contribution in [0.1, 0.15) is 20.3 Å². The van der Waals surface area contributed by atoms with Crippen LogP contribution in [0.4, 0.5) is 0 Å². The Morgan fingerprint density at radius 2 is 1.47 bits per heavy atom. The van der Waals surface area contributed by atoms with Gasteiger partial charge in [-0.3, -0.25) is 9.59 Å². The van der Waals surface area contributed by atoms with Gasteiger partial charge in [-0.1, -0.05) is 0 Å². The van der Waals surface area contributed by atoms with E-state index in [4.69, 9.17) is 4.12 Å². The first-order valence-electron chi connectivity index (χ1n) is 6.73. The van der Waals surface area contributed by atoms with E-state index in [2.05, 4.69) is 36.8 Å². The van der Waals surface area contributed by atoms with E-state index in [9.17, 15) is 9.59 Å². The minimum absolute atomic E-state index is 0.00527. The van der Waals surface area contributed by atoms with E-state index in [1.54, 1.807) is 0 Å². The van der Waals surface area contributed by atoms with Gasteiger partial charge in [-0.05, 0) is 38.7 Å². The molecule has 0 radical (unpaired) electrons. The Bertz CT molecular complexity index is 320. The predicted octanol–water partition coefficient (Wildman–Crippen LogP) is 1.61. The maximum atomic E-state index is 11.0. The van der Waals surface area contributed by atoms with Crippen LogP contribution in [0.25, 0.3) is 0 Å². The summed E-state index contributed by atoms with van der Waals surface area (Å²) >= 11 is 0. The minimum atomic E-state index is -1.84. The van der Waals surface area contributed by atoms with Crippen LogP contribution in [0.5, 0.6) is 0 Å². The highest BCUT2D eigenvalue weighted by Crippen LogP contribution is 2.19. The van der Waals surface area contributed by atoms with Crippen molar-refractivity contribution in [3.63, 3.8) is 0 Å². The van der Waals surface area contributed by atoms with Gasteiger partial charge in [0.05, 0.1) is 0 Å². The van der Waals surface area contributed by atoms with Crippen molar-refractivity contribution in [1.29, 1.82) is 0 Å². The molecule has 0 saturated heterocycles. The largest absolute Gasteiger partial charge is 0.454 e. The third-order valence-corrected chi connectivity index (χ3v) is 9.65. The number of amides is 2. The van der Waals surface area contributed by atoms with Crippen LogP contribution in [-0.4, -0.2) is 41.2 Å². The van der Waals surface area contributed by atoms with Crippen molar-refractivity contribution in [2.45, 2.75) is 52.5 Å². The van der Waals surface area contributed by atoms with Crippen molar-refractivity contribution in [1.82, 2.24) is 10.6 Å². The van der Waals surface area contributed by atoms with Crippen LogP contribution in [0, 0.1) is 0 Å². The lowest BCUT2D eigenvalue weighted by Gasteiger charge is -2.34. The number of nitrogens with one attached hydrogen (secondary N) is 2. The molecule has 0 aromatic carbocycles. The van der Waals surface area contributed by atoms with Crippen LogP contribution >= 0.6 is 0 Å². The van der Waals surface area contributed by atoms with E-state index < -0.39 is 16.6 Å². The normalized spacial score (nSPS) is 12.1. The van der Waals surface area contributed by atoms with Crippen molar-refractivity contribution >= 4 is 28.4 Å². The lowest BCUT2D eigenvalue weighted by atomic mass is 10.5. The standard InChI is InChI=1S/C12H28N2O3Si2/c1-11(15)13-8-7-9-18(3,4)17-19(5,6)10-14-12(2)16/h7-10H2,1-6H3,(H,13,15)(H,14,16). The Hall–Kier alpha value is -0.666. The SMILES string of the molecule is CC(=O)NCCC[Si](C)(C)O[Si](C)(C)CNC(C)=O. The third kappa shape index (κ3) is 10.9. The zero-order chi connectivity index (χ0) is 15.1. The van der Waals surface area contributed by atoms with Crippen molar-refractivity contribution in [3.05, 3.63) is 0 Å². The molecule has 0 aliphatic heterocycles. The molecule has 2 N–H and O–H groups in total. The van der Waals surface area contributed by atoms with Crippen molar-refractivity contribution < 1.29 is 13.7 Å². The first kappa shape index (κ1) is 18.3. The number of carbonyl (C=O) groups excluding carboxylic acids is 2. The molecular formula is C12H28N2O3Si2. The number of carbonyl (C=O) groups is 2.